The van der Waals surface area contributed by atoms with Crippen LogP contribution in [0.25, 0.3) is 0 Å². The number of fused-ring (bicyclic) bond motifs is 1. The van der Waals surface area contributed by atoms with Gasteiger partial charge < -0.3 is 19.5 Å². The summed E-state index contributed by atoms with van der Waals surface area (Å²) in [4.78, 5) is 25.3. The molecule has 1 aliphatic heterocycles. The standard InChI is InChI=1S/C22H25N3O5/c1-4-28-17-8-6-5-7-16(17)12-23-25-22(27)20(14(2)3)24-21(26)15-9-10-18-19(11-15)30-13-29-18/h5-12,14,20H,4,13H2,1-3H3,(H,24,26)(H,25,27). The van der Waals surface area contributed by atoms with Gasteiger partial charge in [-0.25, -0.2) is 5.43 Å². The molecule has 0 saturated heterocycles. The van der Waals surface area contributed by atoms with Crippen LogP contribution in [0.1, 0.15) is 36.7 Å². The molecule has 0 aliphatic carbocycles. The maximum Gasteiger partial charge on any atom is 0.262 e. The van der Waals surface area contributed by atoms with E-state index in [1.54, 1.807) is 18.2 Å². The summed E-state index contributed by atoms with van der Waals surface area (Å²) in [5, 5.41) is 6.78. The number of carbonyl (C=O) groups excluding carboxylic acids is 2. The molecule has 1 atom stereocenters. The average molecular weight is 411 g/mol. The van der Waals surface area contributed by atoms with Crippen LogP contribution in [0.3, 0.4) is 0 Å². The summed E-state index contributed by atoms with van der Waals surface area (Å²) in [7, 11) is 0. The summed E-state index contributed by atoms with van der Waals surface area (Å²) in [5.41, 5.74) is 3.62. The largest absolute Gasteiger partial charge is 0.493 e. The quantitative estimate of drug-likeness (QED) is 0.514. The molecule has 3 rings (SSSR count). The summed E-state index contributed by atoms with van der Waals surface area (Å²) in [6.07, 6.45) is 1.51. The minimum Gasteiger partial charge on any atom is -0.493 e. The van der Waals surface area contributed by atoms with Crippen molar-refractivity contribution in [3.05, 3.63) is 53.6 Å². The van der Waals surface area contributed by atoms with Gasteiger partial charge >= 0.3 is 0 Å². The minimum absolute atomic E-state index is 0.127. The lowest BCUT2D eigenvalue weighted by molar-refractivity contribution is -0.123. The Bertz CT molecular complexity index is 942. The van der Waals surface area contributed by atoms with Crippen LogP contribution in [0.4, 0.5) is 0 Å². The van der Waals surface area contributed by atoms with E-state index in [1.165, 1.54) is 6.21 Å². The molecule has 0 spiro atoms. The van der Waals surface area contributed by atoms with Crippen molar-refractivity contribution in [3.8, 4) is 17.2 Å². The van der Waals surface area contributed by atoms with Gasteiger partial charge in [0.1, 0.15) is 11.8 Å². The van der Waals surface area contributed by atoms with E-state index in [4.69, 9.17) is 14.2 Å². The molecule has 0 aromatic heterocycles. The molecule has 1 aliphatic rings. The summed E-state index contributed by atoms with van der Waals surface area (Å²) < 4.78 is 16.1. The van der Waals surface area contributed by atoms with Crippen molar-refractivity contribution < 1.29 is 23.8 Å². The molecule has 2 N–H and O–H groups in total. The summed E-state index contributed by atoms with van der Waals surface area (Å²) in [6, 6.07) is 11.5. The van der Waals surface area contributed by atoms with Crippen LogP contribution >= 0.6 is 0 Å². The molecule has 8 nitrogen and oxygen atoms in total. The zero-order valence-electron chi connectivity index (χ0n) is 17.2. The Morgan fingerprint density at radius 2 is 1.93 bits per heavy atom. The number of benzene rings is 2. The Hall–Kier alpha value is -3.55. The number of nitrogens with one attached hydrogen (secondary N) is 2. The molecule has 2 aromatic rings. The highest BCUT2D eigenvalue weighted by molar-refractivity contribution is 5.98. The Labute approximate surface area is 175 Å². The molecular formula is C22H25N3O5. The summed E-state index contributed by atoms with van der Waals surface area (Å²) in [6.45, 7) is 6.24. The van der Waals surface area contributed by atoms with E-state index < -0.39 is 11.9 Å². The number of hydrazone groups is 1. The van der Waals surface area contributed by atoms with Crippen molar-refractivity contribution >= 4 is 18.0 Å². The Kier molecular flexibility index (Phi) is 6.90. The van der Waals surface area contributed by atoms with Gasteiger partial charge in [0.2, 0.25) is 6.79 Å². The smallest absolute Gasteiger partial charge is 0.262 e. The lowest BCUT2D eigenvalue weighted by Crippen LogP contribution is -2.48. The number of ether oxygens (including phenoxy) is 3. The number of amides is 2. The van der Waals surface area contributed by atoms with Crippen molar-refractivity contribution in [1.82, 2.24) is 10.7 Å². The molecule has 8 heteroatoms. The first-order valence-corrected chi connectivity index (χ1v) is 9.75. The highest BCUT2D eigenvalue weighted by Gasteiger charge is 2.25. The molecule has 30 heavy (non-hydrogen) atoms. The van der Waals surface area contributed by atoms with E-state index in [2.05, 4.69) is 15.8 Å². The predicted octanol–water partition coefficient (Wildman–Crippen LogP) is 2.72. The van der Waals surface area contributed by atoms with Crippen LogP contribution in [0.2, 0.25) is 0 Å². The number of nitrogens with zero attached hydrogens (tertiary/aromatic N) is 1. The van der Waals surface area contributed by atoms with E-state index >= 15 is 0 Å². The Balaban J connectivity index is 1.64. The van der Waals surface area contributed by atoms with Gasteiger partial charge in [0.15, 0.2) is 11.5 Å². The van der Waals surface area contributed by atoms with E-state index in [0.717, 1.165) is 5.56 Å². The number of carbonyl (C=O) groups is 2. The van der Waals surface area contributed by atoms with Crippen molar-refractivity contribution in [2.24, 2.45) is 11.0 Å². The van der Waals surface area contributed by atoms with Gasteiger partial charge in [-0.3, -0.25) is 9.59 Å². The van der Waals surface area contributed by atoms with Crippen LogP contribution in [-0.4, -0.2) is 37.5 Å². The monoisotopic (exact) mass is 411 g/mol. The maximum atomic E-state index is 12.6. The van der Waals surface area contributed by atoms with Gasteiger partial charge in [0, 0.05) is 11.1 Å². The zero-order valence-corrected chi connectivity index (χ0v) is 17.2. The van der Waals surface area contributed by atoms with Gasteiger partial charge in [-0.2, -0.15) is 5.10 Å². The molecule has 2 aromatic carbocycles. The third kappa shape index (κ3) is 5.08. The summed E-state index contributed by atoms with van der Waals surface area (Å²) in [5.74, 6) is 0.831. The first-order valence-electron chi connectivity index (χ1n) is 9.75. The van der Waals surface area contributed by atoms with Gasteiger partial charge in [-0.15, -0.1) is 0 Å². The molecule has 0 fully saturated rings. The van der Waals surface area contributed by atoms with Crippen molar-refractivity contribution in [1.29, 1.82) is 0 Å². The van der Waals surface area contributed by atoms with Crippen molar-refractivity contribution in [2.75, 3.05) is 13.4 Å². The van der Waals surface area contributed by atoms with Crippen molar-refractivity contribution in [2.45, 2.75) is 26.8 Å². The van der Waals surface area contributed by atoms with E-state index in [-0.39, 0.29) is 18.6 Å². The number of para-hydroxylation sites is 1. The first kappa shape index (κ1) is 21.2. The second-order valence-corrected chi connectivity index (χ2v) is 6.97. The van der Waals surface area contributed by atoms with Crippen molar-refractivity contribution in [3.63, 3.8) is 0 Å². The minimum atomic E-state index is -0.762. The molecule has 2 amide bonds. The second-order valence-electron chi connectivity index (χ2n) is 6.97. The lowest BCUT2D eigenvalue weighted by atomic mass is 10.0. The third-order valence-electron chi connectivity index (χ3n) is 4.47. The molecule has 0 radical (unpaired) electrons. The second kappa shape index (κ2) is 9.78. The van der Waals surface area contributed by atoms with Gasteiger partial charge in [0.05, 0.1) is 12.8 Å². The first-order chi connectivity index (χ1) is 14.5. The number of hydrogen-bond acceptors (Lipinski definition) is 6. The van der Waals surface area contributed by atoms with Crippen LogP contribution in [0.15, 0.2) is 47.6 Å². The van der Waals surface area contributed by atoms with Crippen LogP contribution in [0.5, 0.6) is 17.2 Å². The van der Waals surface area contributed by atoms with Crippen LogP contribution < -0.4 is 25.0 Å². The number of rotatable bonds is 8. The summed E-state index contributed by atoms with van der Waals surface area (Å²) >= 11 is 0. The highest BCUT2D eigenvalue weighted by Crippen LogP contribution is 2.32. The molecular weight excluding hydrogens is 386 g/mol. The van der Waals surface area contributed by atoms with Gasteiger partial charge in [-0.1, -0.05) is 26.0 Å². The molecule has 1 heterocycles. The molecule has 0 bridgehead atoms. The molecule has 0 saturated carbocycles. The van der Waals surface area contributed by atoms with E-state index in [9.17, 15) is 9.59 Å². The predicted molar refractivity (Wildman–Crippen MR) is 112 cm³/mol. The fraction of sp³-hybridized carbons (Fsp3) is 0.318. The van der Waals surface area contributed by atoms with E-state index in [0.29, 0.717) is 29.4 Å². The van der Waals surface area contributed by atoms with Crippen LogP contribution in [0, 0.1) is 5.92 Å². The maximum absolute atomic E-state index is 12.6. The fourth-order valence-corrected chi connectivity index (χ4v) is 2.91. The topological polar surface area (TPSA) is 98.2 Å². The van der Waals surface area contributed by atoms with Gasteiger partial charge in [0.25, 0.3) is 11.8 Å². The zero-order chi connectivity index (χ0) is 21.5. The number of hydrogen-bond donors (Lipinski definition) is 2. The third-order valence-corrected chi connectivity index (χ3v) is 4.47. The normalized spacial score (nSPS) is 13.3. The molecule has 1 unspecified atom stereocenters. The fourth-order valence-electron chi connectivity index (χ4n) is 2.91. The lowest BCUT2D eigenvalue weighted by Gasteiger charge is -2.20. The SMILES string of the molecule is CCOc1ccccc1C=NNC(=O)C(NC(=O)c1ccc2c(c1)OCO2)C(C)C. The van der Waals surface area contributed by atoms with Crippen LogP contribution in [-0.2, 0) is 4.79 Å². The average Bonchev–Trinajstić information content (AvgIpc) is 3.20. The highest BCUT2D eigenvalue weighted by atomic mass is 16.7. The Morgan fingerprint density at radius 3 is 2.70 bits per heavy atom. The molecule has 158 valence electrons. The van der Waals surface area contributed by atoms with E-state index in [1.807, 2.05) is 45.0 Å². The van der Waals surface area contributed by atoms with Gasteiger partial charge in [-0.05, 0) is 43.2 Å². The Morgan fingerprint density at radius 1 is 1.17 bits per heavy atom.